The van der Waals surface area contributed by atoms with Crippen LogP contribution in [0.5, 0.6) is 5.88 Å². The van der Waals surface area contributed by atoms with E-state index in [1.54, 1.807) is 32.2 Å². The summed E-state index contributed by atoms with van der Waals surface area (Å²) in [5.74, 6) is 0.471. The summed E-state index contributed by atoms with van der Waals surface area (Å²) in [5, 5.41) is -0.455. The molecule has 5 nitrogen and oxygen atoms in total. The molecule has 0 aliphatic rings. The van der Waals surface area contributed by atoms with E-state index in [1.165, 1.54) is 0 Å². The predicted molar refractivity (Wildman–Crippen MR) is 70.9 cm³/mol. The highest BCUT2D eigenvalue weighted by Gasteiger charge is 2.16. The third kappa shape index (κ3) is 4.27. The summed E-state index contributed by atoms with van der Waals surface area (Å²) in [4.78, 5) is 4.11. The second kappa shape index (κ2) is 6.15. The fraction of sp³-hybridized carbons (Fsp3) is 0.583. The van der Waals surface area contributed by atoms with Gasteiger partial charge in [-0.15, -0.1) is 0 Å². The van der Waals surface area contributed by atoms with Crippen LogP contribution in [0.2, 0.25) is 0 Å². The average molecular weight is 272 g/mol. The van der Waals surface area contributed by atoms with Crippen LogP contribution in [-0.4, -0.2) is 24.8 Å². The van der Waals surface area contributed by atoms with E-state index in [1.807, 2.05) is 13.8 Å². The monoisotopic (exact) mass is 272 g/mol. The molecule has 18 heavy (non-hydrogen) atoms. The number of ether oxygens (including phenoxy) is 1. The lowest BCUT2D eigenvalue weighted by atomic mass is 10.3. The minimum atomic E-state index is -3.27. The lowest BCUT2D eigenvalue weighted by Gasteiger charge is -2.14. The van der Waals surface area contributed by atoms with Crippen molar-refractivity contribution in [3.63, 3.8) is 0 Å². The summed E-state index contributed by atoms with van der Waals surface area (Å²) < 4.78 is 31.4. The fourth-order valence-electron chi connectivity index (χ4n) is 1.23. The Kier molecular flexibility index (Phi) is 5.10. The predicted octanol–water partition coefficient (Wildman–Crippen LogP) is 1.70. The minimum Gasteiger partial charge on any atom is -0.475 e. The van der Waals surface area contributed by atoms with Gasteiger partial charge in [-0.3, -0.25) is 0 Å². The van der Waals surface area contributed by atoms with Crippen LogP contribution < -0.4 is 9.46 Å². The van der Waals surface area contributed by atoms with Gasteiger partial charge in [0.05, 0.1) is 11.4 Å². The molecule has 0 bridgehead atoms. The molecule has 0 saturated heterocycles. The minimum absolute atomic E-state index is 0.000330. The summed E-state index contributed by atoms with van der Waals surface area (Å²) in [7, 11) is -3.27. The van der Waals surface area contributed by atoms with Crippen LogP contribution in [0.3, 0.4) is 0 Å². The third-order valence-corrected chi connectivity index (χ3v) is 4.07. The van der Waals surface area contributed by atoms with Gasteiger partial charge in [0.25, 0.3) is 0 Å². The van der Waals surface area contributed by atoms with E-state index in [0.717, 1.165) is 5.56 Å². The summed E-state index contributed by atoms with van der Waals surface area (Å²) >= 11 is 0. The van der Waals surface area contributed by atoms with Crippen molar-refractivity contribution in [1.29, 1.82) is 0 Å². The number of sulfonamides is 1. The zero-order valence-electron chi connectivity index (χ0n) is 11.2. The first-order chi connectivity index (χ1) is 8.33. The van der Waals surface area contributed by atoms with Gasteiger partial charge in [-0.25, -0.2) is 18.1 Å². The maximum atomic E-state index is 11.7. The molecule has 0 fully saturated rings. The van der Waals surface area contributed by atoms with Crippen LogP contribution in [0.15, 0.2) is 18.3 Å². The van der Waals surface area contributed by atoms with E-state index in [0.29, 0.717) is 5.88 Å². The van der Waals surface area contributed by atoms with Crippen molar-refractivity contribution in [3.05, 3.63) is 23.9 Å². The second-order valence-electron chi connectivity index (χ2n) is 4.55. The molecule has 1 rings (SSSR count). The van der Waals surface area contributed by atoms with E-state index in [9.17, 15) is 8.42 Å². The molecule has 0 aliphatic carbocycles. The molecule has 0 saturated carbocycles. The van der Waals surface area contributed by atoms with Crippen molar-refractivity contribution in [2.24, 2.45) is 0 Å². The number of pyridine rings is 1. The number of nitrogens with zero attached hydrogens (tertiary/aromatic N) is 1. The Bertz CT molecular complexity index is 484. The summed E-state index contributed by atoms with van der Waals surface area (Å²) in [6.45, 7) is 7.26. The number of nitrogens with one attached hydrogen (secondary N) is 1. The van der Waals surface area contributed by atoms with Crippen molar-refractivity contribution in [1.82, 2.24) is 9.71 Å². The zero-order chi connectivity index (χ0) is 13.8. The Balaban J connectivity index is 2.79. The highest BCUT2D eigenvalue weighted by atomic mass is 32.2. The van der Waals surface area contributed by atoms with Crippen molar-refractivity contribution in [3.8, 4) is 5.88 Å². The maximum absolute atomic E-state index is 11.7. The van der Waals surface area contributed by atoms with Gasteiger partial charge < -0.3 is 4.74 Å². The van der Waals surface area contributed by atoms with Crippen molar-refractivity contribution in [2.45, 2.75) is 45.6 Å². The summed E-state index contributed by atoms with van der Waals surface area (Å²) in [6.07, 6.45) is 1.62. The van der Waals surface area contributed by atoms with Crippen molar-refractivity contribution >= 4 is 10.0 Å². The van der Waals surface area contributed by atoms with Crippen molar-refractivity contribution < 1.29 is 13.2 Å². The third-order valence-electron chi connectivity index (χ3n) is 2.28. The molecule has 1 heterocycles. The number of hydrogen-bond donors (Lipinski definition) is 1. The SMILES string of the molecule is CC(C)Oc1ncccc1CNS(=O)(=O)C(C)C. The van der Waals surface area contributed by atoms with Crippen LogP contribution in [0.25, 0.3) is 0 Å². The first-order valence-electron chi connectivity index (χ1n) is 5.92. The molecule has 1 N–H and O–H groups in total. The first-order valence-corrected chi connectivity index (χ1v) is 7.46. The van der Waals surface area contributed by atoms with Crippen LogP contribution in [0.1, 0.15) is 33.3 Å². The van der Waals surface area contributed by atoms with Gasteiger partial charge >= 0.3 is 0 Å². The quantitative estimate of drug-likeness (QED) is 0.855. The molecule has 102 valence electrons. The molecule has 0 aliphatic heterocycles. The highest BCUT2D eigenvalue weighted by Crippen LogP contribution is 2.16. The smallest absolute Gasteiger partial charge is 0.218 e. The number of rotatable bonds is 6. The lowest BCUT2D eigenvalue weighted by molar-refractivity contribution is 0.230. The number of hydrogen-bond acceptors (Lipinski definition) is 4. The summed E-state index contributed by atoms with van der Waals surface area (Å²) in [6, 6.07) is 3.56. The van der Waals surface area contributed by atoms with Gasteiger partial charge in [-0.1, -0.05) is 6.07 Å². The molecular formula is C12H20N2O3S. The van der Waals surface area contributed by atoms with E-state index >= 15 is 0 Å². The van der Waals surface area contributed by atoms with Gasteiger partial charge in [0.2, 0.25) is 15.9 Å². The normalized spacial score (nSPS) is 12.1. The van der Waals surface area contributed by atoms with Gasteiger partial charge in [0, 0.05) is 18.3 Å². The molecule has 0 spiro atoms. The maximum Gasteiger partial charge on any atom is 0.218 e. The van der Waals surface area contributed by atoms with Gasteiger partial charge in [-0.2, -0.15) is 0 Å². The first kappa shape index (κ1) is 14.9. The molecule has 0 atom stereocenters. The van der Waals surface area contributed by atoms with E-state index in [-0.39, 0.29) is 12.6 Å². The van der Waals surface area contributed by atoms with Crippen LogP contribution in [-0.2, 0) is 16.6 Å². The molecule has 1 aromatic heterocycles. The molecule has 0 amide bonds. The molecule has 0 aromatic carbocycles. The zero-order valence-corrected chi connectivity index (χ0v) is 12.0. The Labute approximate surface area is 109 Å². The van der Waals surface area contributed by atoms with E-state index < -0.39 is 15.3 Å². The highest BCUT2D eigenvalue weighted by molar-refractivity contribution is 7.90. The van der Waals surface area contributed by atoms with Crippen LogP contribution in [0.4, 0.5) is 0 Å². The van der Waals surface area contributed by atoms with Crippen molar-refractivity contribution in [2.75, 3.05) is 0 Å². The largest absolute Gasteiger partial charge is 0.475 e. The average Bonchev–Trinajstić information content (AvgIpc) is 2.27. The summed E-state index contributed by atoms with van der Waals surface area (Å²) in [5.41, 5.74) is 0.732. The molecule has 0 radical (unpaired) electrons. The van der Waals surface area contributed by atoms with Crippen LogP contribution >= 0.6 is 0 Å². The second-order valence-corrected chi connectivity index (χ2v) is 6.87. The Hall–Kier alpha value is -1.14. The fourth-order valence-corrected chi connectivity index (χ4v) is 1.92. The molecular weight excluding hydrogens is 252 g/mol. The molecule has 6 heteroatoms. The van der Waals surface area contributed by atoms with Gasteiger partial charge in [0.1, 0.15) is 0 Å². The Morgan fingerprint density at radius 1 is 1.33 bits per heavy atom. The van der Waals surface area contributed by atoms with E-state index in [4.69, 9.17) is 4.74 Å². The van der Waals surface area contributed by atoms with Gasteiger partial charge in [-0.05, 0) is 33.8 Å². The standard InChI is InChI=1S/C12H20N2O3S/c1-9(2)17-12-11(6-5-7-13-12)8-14-18(15,16)10(3)4/h5-7,9-10,14H,8H2,1-4H3. The lowest BCUT2D eigenvalue weighted by Crippen LogP contribution is -2.30. The number of aromatic nitrogens is 1. The Morgan fingerprint density at radius 3 is 2.56 bits per heavy atom. The Morgan fingerprint density at radius 2 is 2.00 bits per heavy atom. The molecule has 0 unspecified atom stereocenters. The van der Waals surface area contributed by atoms with Crippen LogP contribution in [0, 0.1) is 0 Å². The van der Waals surface area contributed by atoms with E-state index in [2.05, 4.69) is 9.71 Å². The topological polar surface area (TPSA) is 68.3 Å². The molecule has 1 aromatic rings. The van der Waals surface area contributed by atoms with Gasteiger partial charge in [0.15, 0.2) is 0 Å².